The summed E-state index contributed by atoms with van der Waals surface area (Å²) in [6, 6.07) is 7.26. The van der Waals surface area contributed by atoms with Crippen LogP contribution in [-0.4, -0.2) is 25.6 Å². The minimum absolute atomic E-state index is 0.214. The van der Waals surface area contributed by atoms with Crippen molar-refractivity contribution in [1.82, 2.24) is 14.5 Å². The average Bonchev–Trinajstić information content (AvgIpc) is 2.79. The van der Waals surface area contributed by atoms with E-state index in [9.17, 15) is 4.79 Å². The van der Waals surface area contributed by atoms with Crippen LogP contribution in [0.4, 0.5) is 0 Å². The molecule has 0 aliphatic carbocycles. The molecule has 0 atom stereocenters. The van der Waals surface area contributed by atoms with E-state index >= 15 is 0 Å². The molecule has 0 aliphatic heterocycles. The third-order valence-corrected chi connectivity index (χ3v) is 3.69. The highest BCUT2D eigenvalue weighted by molar-refractivity contribution is 6.36. The van der Waals surface area contributed by atoms with Crippen LogP contribution in [0.5, 0.6) is 0 Å². The highest BCUT2D eigenvalue weighted by atomic mass is 35.5. The number of carbonyl (C=O) groups is 1. The number of nitrogens with zero attached hydrogens (tertiary/aromatic N) is 3. The van der Waals surface area contributed by atoms with Crippen LogP contribution in [0.25, 0.3) is 22.2 Å². The highest BCUT2D eigenvalue weighted by Crippen LogP contribution is 2.36. The van der Waals surface area contributed by atoms with Crippen molar-refractivity contribution in [1.29, 1.82) is 0 Å². The molecule has 7 heteroatoms. The summed E-state index contributed by atoms with van der Waals surface area (Å²) in [4.78, 5) is 19.1. The lowest BCUT2D eigenvalue weighted by Crippen LogP contribution is -2.08. The average molecular weight is 322 g/mol. The summed E-state index contributed by atoms with van der Waals surface area (Å²) in [7, 11) is 0. The van der Waals surface area contributed by atoms with Gasteiger partial charge in [0.2, 0.25) is 0 Å². The highest BCUT2D eigenvalue weighted by Gasteiger charge is 2.17. The van der Waals surface area contributed by atoms with Crippen LogP contribution < -0.4 is 0 Å². The molecule has 0 radical (unpaired) electrons. The van der Waals surface area contributed by atoms with Crippen molar-refractivity contribution in [2.24, 2.45) is 0 Å². The maximum atomic E-state index is 11.0. The summed E-state index contributed by atoms with van der Waals surface area (Å²) in [5.41, 5.74) is 1.93. The van der Waals surface area contributed by atoms with E-state index in [1.54, 1.807) is 12.3 Å². The molecule has 1 N–H and O–H groups in total. The van der Waals surface area contributed by atoms with E-state index in [4.69, 9.17) is 28.3 Å². The van der Waals surface area contributed by atoms with Crippen molar-refractivity contribution >= 4 is 40.2 Å². The molecule has 2 aromatic heterocycles. The van der Waals surface area contributed by atoms with E-state index in [2.05, 4.69) is 9.97 Å². The number of carboxylic acid groups (broad SMARTS) is 1. The van der Waals surface area contributed by atoms with Crippen LogP contribution >= 0.6 is 23.2 Å². The number of rotatable bonds is 3. The molecule has 0 amide bonds. The Morgan fingerprint density at radius 2 is 1.95 bits per heavy atom. The van der Waals surface area contributed by atoms with E-state index in [1.165, 1.54) is 10.9 Å². The van der Waals surface area contributed by atoms with Gasteiger partial charge in [-0.25, -0.2) is 9.97 Å². The smallest absolute Gasteiger partial charge is 0.323 e. The van der Waals surface area contributed by atoms with E-state index in [1.807, 2.05) is 18.2 Å². The number of aliphatic carboxylic acids is 1. The lowest BCUT2D eigenvalue weighted by atomic mass is 10.1. The van der Waals surface area contributed by atoms with Gasteiger partial charge in [0, 0.05) is 22.3 Å². The Morgan fingerprint density at radius 3 is 2.67 bits per heavy atom. The van der Waals surface area contributed by atoms with Crippen LogP contribution in [0.3, 0.4) is 0 Å². The van der Waals surface area contributed by atoms with Gasteiger partial charge < -0.3 is 9.67 Å². The third-order valence-electron chi connectivity index (χ3n) is 3.08. The molecule has 0 bridgehead atoms. The summed E-state index contributed by atoms with van der Waals surface area (Å²) in [5.74, 6) is -0.965. The molecule has 0 spiro atoms. The molecule has 106 valence electrons. The second-order valence-electron chi connectivity index (χ2n) is 4.41. The minimum Gasteiger partial charge on any atom is -0.480 e. The van der Waals surface area contributed by atoms with Crippen molar-refractivity contribution < 1.29 is 9.90 Å². The Balaban J connectivity index is 2.33. The molecule has 0 saturated carbocycles. The van der Waals surface area contributed by atoms with Gasteiger partial charge in [0.1, 0.15) is 23.7 Å². The lowest BCUT2D eigenvalue weighted by molar-refractivity contribution is -0.137. The summed E-state index contributed by atoms with van der Waals surface area (Å²) in [6.45, 7) is -0.214. The van der Waals surface area contributed by atoms with Crippen molar-refractivity contribution in [3.05, 3.63) is 47.0 Å². The number of hydrogen-bond acceptors (Lipinski definition) is 3. The van der Waals surface area contributed by atoms with E-state index in [0.29, 0.717) is 21.6 Å². The first-order valence-electron chi connectivity index (χ1n) is 6.04. The number of benzene rings is 1. The maximum absolute atomic E-state index is 11.0. The van der Waals surface area contributed by atoms with E-state index < -0.39 is 5.97 Å². The second-order valence-corrected chi connectivity index (χ2v) is 5.17. The maximum Gasteiger partial charge on any atom is 0.323 e. The zero-order chi connectivity index (χ0) is 15.0. The molecule has 2 heterocycles. The SMILES string of the molecule is O=C(O)Cn1cc(-c2ccccc2Cl)c2c(Cl)ncnc21. The minimum atomic E-state index is -0.965. The standard InChI is InChI=1S/C14H9Cl2N3O2/c15-10-4-2-1-3-8(10)9-5-19(6-11(20)21)14-12(9)13(16)17-7-18-14/h1-5,7H,6H2,(H,20,21). The number of halogens is 2. The third kappa shape index (κ3) is 2.46. The molecule has 1 aromatic carbocycles. The molecule has 21 heavy (non-hydrogen) atoms. The quantitative estimate of drug-likeness (QED) is 0.750. The zero-order valence-electron chi connectivity index (χ0n) is 10.6. The zero-order valence-corrected chi connectivity index (χ0v) is 12.1. The Labute approximate surface area is 129 Å². The van der Waals surface area contributed by atoms with E-state index in [-0.39, 0.29) is 11.7 Å². The largest absolute Gasteiger partial charge is 0.480 e. The first-order valence-corrected chi connectivity index (χ1v) is 6.79. The number of carboxylic acids is 1. The fraction of sp³-hybridized carbons (Fsp3) is 0.0714. The summed E-state index contributed by atoms with van der Waals surface area (Å²) >= 11 is 12.4. The first kappa shape index (κ1) is 13.9. The number of hydrogen-bond donors (Lipinski definition) is 1. The summed E-state index contributed by atoms with van der Waals surface area (Å²) in [5, 5.41) is 10.4. The van der Waals surface area contributed by atoms with Gasteiger partial charge in [0.15, 0.2) is 0 Å². The molecule has 5 nitrogen and oxygen atoms in total. The Bertz CT molecular complexity index is 845. The van der Waals surface area contributed by atoms with Crippen LogP contribution in [0.2, 0.25) is 10.2 Å². The predicted molar refractivity (Wildman–Crippen MR) is 80.6 cm³/mol. The second kappa shape index (κ2) is 5.35. The van der Waals surface area contributed by atoms with E-state index in [0.717, 1.165) is 5.56 Å². The molecule has 0 fully saturated rings. The van der Waals surface area contributed by atoms with Gasteiger partial charge in [-0.3, -0.25) is 4.79 Å². The fourth-order valence-corrected chi connectivity index (χ4v) is 2.70. The Kier molecular flexibility index (Phi) is 3.53. The topological polar surface area (TPSA) is 68.0 Å². The van der Waals surface area contributed by atoms with Gasteiger partial charge in [-0.05, 0) is 6.07 Å². The lowest BCUT2D eigenvalue weighted by Gasteiger charge is -2.02. The molecule has 0 unspecified atom stereocenters. The number of aromatic nitrogens is 3. The van der Waals surface area contributed by atoms with Crippen LogP contribution in [0, 0.1) is 0 Å². The molecule has 0 saturated heterocycles. The van der Waals surface area contributed by atoms with Crippen LogP contribution in [0.15, 0.2) is 36.8 Å². The molecule has 3 rings (SSSR count). The summed E-state index contributed by atoms with van der Waals surface area (Å²) in [6.07, 6.45) is 2.99. The van der Waals surface area contributed by atoms with Crippen molar-refractivity contribution in [2.45, 2.75) is 6.54 Å². The number of fused-ring (bicyclic) bond motifs is 1. The van der Waals surface area contributed by atoms with Gasteiger partial charge in [0.25, 0.3) is 0 Å². The normalized spacial score (nSPS) is 11.0. The summed E-state index contributed by atoms with van der Waals surface area (Å²) < 4.78 is 1.52. The molecule has 3 aromatic rings. The van der Waals surface area contributed by atoms with Gasteiger partial charge in [-0.2, -0.15) is 0 Å². The monoisotopic (exact) mass is 321 g/mol. The molecular formula is C14H9Cl2N3O2. The van der Waals surface area contributed by atoms with Gasteiger partial charge in [-0.15, -0.1) is 0 Å². The first-order chi connectivity index (χ1) is 10.1. The van der Waals surface area contributed by atoms with Crippen molar-refractivity contribution in [2.75, 3.05) is 0 Å². The fourth-order valence-electron chi connectivity index (χ4n) is 2.24. The van der Waals surface area contributed by atoms with Crippen LogP contribution in [-0.2, 0) is 11.3 Å². The van der Waals surface area contributed by atoms with Gasteiger partial charge >= 0.3 is 5.97 Å². The molecule has 0 aliphatic rings. The van der Waals surface area contributed by atoms with Crippen molar-refractivity contribution in [3.8, 4) is 11.1 Å². The van der Waals surface area contributed by atoms with Gasteiger partial charge in [-0.1, -0.05) is 41.4 Å². The molecular weight excluding hydrogens is 313 g/mol. The Hall–Kier alpha value is -2.11. The van der Waals surface area contributed by atoms with Crippen LogP contribution in [0.1, 0.15) is 0 Å². The Morgan fingerprint density at radius 1 is 1.19 bits per heavy atom. The van der Waals surface area contributed by atoms with Gasteiger partial charge in [0.05, 0.1) is 5.39 Å². The van der Waals surface area contributed by atoms with Crippen molar-refractivity contribution in [3.63, 3.8) is 0 Å². The predicted octanol–water partition coefficient (Wildman–Crippen LogP) is 3.49.